The van der Waals surface area contributed by atoms with Crippen LogP contribution in [0.4, 0.5) is 0 Å². The second-order valence-corrected chi connectivity index (χ2v) is 5.32. The number of hydrogen-bond acceptors (Lipinski definition) is 3. The number of aromatic nitrogens is 1. The van der Waals surface area contributed by atoms with Gasteiger partial charge in [0.1, 0.15) is 4.60 Å². The summed E-state index contributed by atoms with van der Waals surface area (Å²) in [5, 5.41) is 8.71. The number of rotatable bonds is 6. The second-order valence-electron chi connectivity index (χ2n) is 4.57. The Labute approximate surface area is 131 Å². The van der Waals surface area contributed by atoms with Crippen LogP contribution >= 0.6 is 15.9 Å². The zero-order chi connectivity index (χ0) is 15.1. The van der Waals surface area contributed by atoms with Gasteiger partial charge in [0.05, 0.1) is 13.0 Å². The number of carboxylic acids is 1. The van der Waals surface area contributed by atoms with E-state index in [-0.39, 0.29) is 6.42 Å². The summed E-state index contributed by atoms with van der Waals surface area (Å²) in [4.78, 5) is 19.1. The van der Waals surface area contributed by atoms with Crippen molar-refractivity contribution in [2.75, 3.05) is 0 Å². The molecule has 4 nitrogen and oxygen atoms in total. The third kappa shape index (κ3) is 5.11. The van der Waals surface area contributed by atoms with Crippen molar-refractivity contribution in [3.05, 3.63) is 63.9 Å². The molecule has 0 saturated carbocycles. The molecular formula is C16H15BrN2O2. The molecule has 1 aromatic carbocycles. The molecule has 0 amide bonds. The van der Waals surface area contributed by atoms with Gasteiger partial charge in [-0.1, -0.05) is 30.3 Å². The van der Waals surface area contributed by atoms with Gasteiger partial charge in [-0.05, 0) is 38.7 Å². The van der Waals surface area contributed by atoms with Crippen molar-refractivity contribution in [2.45, 2.75) is 19.4 Å². The molecule has 108 valence electrons. The molecule has 0 aliphatic heterocycles. The largest absolute Gasteiger partial charge is 0.481 e. The lowest BCUT2D eigenvalue weighted by Crippen LogP contribution is -1.99. The minimum atomic E-state index is -0.817. The molecule has 0 bridgehead atoms. The zero-order valence-electron chi connectivity index (χ0n) is 11.4. The van der Waals surface area contributed by atoms with Crippen LogP contribution in [-0.4, -0.2) is 22.3 Å². The van der Waals surface area contributed by atoms with Crippen molar-refractivity contribution < 1.29 is 9.90 Å². The van der Waals surface area contributed by atoms with E-state index in [1.165, 1.54) is 0 Å². The van der Waals surface area contributed by atoms with E-state index >= 15 is 0 Å². The first-order chi connectivity index (χ1) is 10.1. The van der Waals surface area contributed by atoms with Crippen molar-refractivity contribution >= 4 is 28.1 Å². The molecule has 1 aromatic heterocycles. The van der Waals surface area contributed by atoms with Crippen LogP contribution in [0.15, 0.2) is 52.2 Å². The predicted octanol–water partition coefficient (Wildman–Crippen LogP) is 3.28. The van der Waals surface area contributed by atoms with Crippen LogP contribution in [0, 0.1) is 0 Å². The Morgan fingerprint density at radius 1 is 1.24 bits per heavy atom. The highest BCUT2D eigenvalue weighted by molar-refractivity contribution is 9.10. The summed E-state index contributed by atoms with van der Waals surface area (Å²) in [6.07, 6.45) is 4.39. The molecule has 2 aromatic rings. The quantitative estimate of drug-likeness (QED) is 0.644. The molecule has 2 rings (SSSR count). The summed E-state index contributed by atoms with van der Waals surface area (Å²) in [6, 6.07) is 11.4. The molecule has 21 heavy (non-hydrogen) atoms. The lowest BCUT2D eigenvalue weighted by molar-refractivity contribution is -0.136. The summed E-state index contributed by atoms with van der Waals surface area (Å²) in [5.74, 6) is -0.817. The second kappa shape index (κ2) is 7.69. The molecule has 0 atom stereocenters. The van der Waals surface area contributed by atoms with Gasteiger partial charge in [0.25, 0.3) is 0 Å². The maximum atomic E-state index is 10.6. The Bertz CT molecular complexity index is 639. The van der Waals surface area contributed by atoms with Gasteiger partial charge in [-0.2, -0.15) is 0 Å². The van der Waals surface area contributed by atoms with Gasteiger partial charge in [-0.3, -0.25) is 9.79 Å². The SMILES string of the molecule is O=C(O)Cc1ccc(CN=CCc2cccnc2Br)cc1. The van der Waals surface area contributed by atoms with E-state index in [0.717, 1.165) is 27.7 Å². The van der Waals surface area contributed by atoms with Gasteiger partial charge in [-0.15, -0.1) is 0 Å². The molecular weight excluding hydrogens is 332 g/mol. The van der Waals surface area contributed by atoms with Gasteiger partial charge in [-0.25, -0.2) is 4.98 Å². The number of carbonyl (C=O) groups is 1. The van der Waals surface area contributed by atoms with Crippen LogP contribution in [0.3, 0.4) is 0 Å². The molecule has 5 heteroatoms. The number of pyridine rings is 1. The van der Waals surface area contributed by atoms with Crippen molar-refractivity contribution in [1.82, 2.24) is 4.98 Å². The molecule has 0 unspecified atom stereocenters. The summed E-state index contributed by atoms with van der Waals surface area (Å²) in [6.45, 7) is 0.589. The molecule has 0 radical (unpaired) electrons. The number of carboxylic acid groups (broad SMARTS) is 1. The smallest absolute Gasteiger partial charge is 0.307 e. The number of nitrogens with zero attached hydrogens (tertiary/aromatic N) is 2. The normalized spacial score (nSPS) is 10.9. The molecule has 0 saturated heterocycles. The van der Waals surface area contributed by atoms with Gasteiger partial charge in [0.15, 0.2) is 0 Å². The molecule has 0 spiro atoms. The third-order valence-corrected chi connectivity index (χ3v) is 3.64. The van der Waals surface area contributed by atoms with Crippen molar-refractivity contribution in [2.24, 2.45) is 4.99 Å². The van der Waals surface area contributed by atoms with Crippen molar-refractivity contribution in [1.29, 1.82) is 0 Å². The van der Waals surface area contributed by atoms with E-state index in [9.17, 15) is 4.79 Å². The van der Waals surface area contributed by atoms with Crippen LogP contribution < -0.4 is 0 Å². The first kappa shape index (κ1) is 15.4. The zero-order valence-corrected chi connectivity index (χ0v) is 13.0. The number of hydrogen-bond donors (Lipinski definition) is 1. The van der Waals surface area contributed by atoms with E-state index < -0.39 is 5.97 Å². The minimum absolute atomic E-state index is 0.0541. The third-order valence-electron chi connectivity index (χ3n) is 2.93. The Hall–Kier alpha value is -2.01. The van der Waals surface area contributed by atoms with Crippen LogP contribution in [0.25, 0.3) is 0 Å². The van der Waals surface area contributed by atoms with E-state index in [1.807, 2.05) is 42.6 Å². The fraction of sp³-hybridized carbons (Fsp3) is 0.188. The number of aliphatic carboxylic acids is 1. The van der Waals surface area contributed by atoms with Gasteiger partial charge in [0.2, 0.25) is 0 Å². The van der Waals surface area contributed by atoms with Crippen LogP contribution in [0.5, 0.6) is 0 Å². The summed E-state index contributed by atoms with van der Waals surface area (Å²) < 4.78 is 0.842. The fourth-order valence-corrected chi connectivity index (χ4v) is 2.25. The molecule has 1 N–H and O–H groups in total. The van der Waals surface area contributed by atoms with Gasteiger partial charge in [0, 0.05) is 18.8 Å². The Kier molecular flexibility index (Phi) is 5.63. The summed E-state index contributed by atoms with van der Waals surface area (Å²) in [5.41, 5.74) is 2.96. The fourth-order valence-electron chi connectivity index (χ4n) is 1.84. The van der Waals surface area contributed by atoms with E-state index in [0.29, 0.717) is 6.54 Å². The lowest BCUT2D eigenvalue weighted by Gasteiger charge is -2.00. The highest BCUT2D eigenvalue weighted by Crippen LogP contribution is 2.12. The van der Waals surface area contributed by atoms with Crippen LogP contribution in [0.2, 0.25) is 0 Å². The maximum Gasteiger partial charge on any atom is 0.307 e. The van der Waals surface area contributed by atoms with Crippen LogP contribution in [-0.2, 0) is 24.2 Å². The standard InChI is InChI=1S/C16H15BrN2O2/c17-16-14(2-1-8-19-16)7-9-18-11-13-5-3-12(4-6-13)10-15(20)21/h1-6,8-9H,7,10-11H2,(H,20,21). The molecule has 0 aliphatic rings. The lowest BCUT2D eigenvalue weighted by atomic mass is 10.1. The van der Waals surface area contributed by atoms with Gasteiger partial charge >= 0.3 is 5.97 Å². The first-order valence-electron chi connectivity index (χ1n) is 6.52. The average Bonchev–Trinajstić information content (AvgIpc) is 2.46. The molecule has 1 heterocycles. The minimum Gasteiger partial charge on any atom is -0.481 e. The maximum absolute atomic E-state index is 10.6. The highest BCUT2D eigenvalue weighted by Gasteiger charge is 2.00. The Morgan fingerprint density at radius 3 is 2.62 bits per heavy atom. The number of benzene rings is 1. The molecule has 0 fully saturated rings. The van der Waals surface area contributed by atoms with Crippen LogP contribution in [0.1, 0.15) is 16.7 Å². The monoisotopic (exact) mass is 346 g/mol. The number of aliphatic imine (C=N–C) groups is 1. The number of halogens is 1. The average molecular weight is 347 g/mol. The van der Waals surface area contributed by atoms with Crippen molar-refractivity contribution in [3.8, 4) is 0 Å². The predicted molar refractivity (Wildman–Crippen MR) is 85.6 cm³/mol. The van der Waals surface area contributed by atoms with E-state index in [2.05, 4.69) is 25.9 Å². The summed E-state index contributed by atoms with van der Waals surface area (Å²) in [7, 11) is 0. The van der Waals surface area contributed by atoms with E-state index in [4.69, 9.17) is 5.11 Å². The van der Waals surface area contributed by atoms with Gasteiger partial charge < -0.3 is 5.11 Å². The van der Waals surface area contributed by atoms with Crippen molar-refractivity contribution in [3.63, 3.8) is 0 Å². The van der Waals surface area contributed by atoms with E-state index in [1.54, 1.807) is 6.20 Å². The highest BCUT2D eigenvalue weighted by atomic mass is 79.9. The topological polar surface area (TPSA) is 62.5 Å². The Morgan fingerprint density at radius 2 is 1.95 bits per heavy atom. The summed E-state index contributed by atoms with van der Waals surface area (Å²) >= 11 is 3.40. The molecule has 0 aliphatic carbocycles. The first-order valence-corrected chi connectivity index (χ1v) is 7.32. The Balaban J connectivity index is 1.86.